The van der Waals surface area contributed by atoms with Gasteiger partial charge in [-0.25, -0.2) is 34.4 Å². The second-order valence-electron chi connectivity index (χ2n) is 18.1. The number of aromatic nitrogens is 3. The summed E-state index contributed by atoms with van der Waals surface area (Å²) in [5, 5.41) is 17.4. The summed E-state index contributed by atoms with van der Waals surface area (Å²) >= 11 is 6.75. The van der Waals surface area contributed by atoms with Gasteiger partial charge in [-0.15, -0.1) is 0 Å². The zero-order valence-corrected chi connectivity index (χ0v) is 38.0. The molecule has 0 saturated heterocycles. The molecule has 0 bridgehead atoms. The highest BCUT2D eigenvalue weighted by Crippen LogP contribution is 2.54. The van der Waals surface area contributed by atoms with E-state index in [1.54, 1.807) is 46.0 Å². The van der Waals surface area contributed by atoms with E-state index < -0.39 is 106 Å². The lowest BCUT2D eigenvalue weighted by Crippen LogP contribution is -2.41. The van der Waals surface area contributed by atoms with Crippen molar-refractivity contribution in [1.29, 1.82) is 5.41 Å². The van der Waals surface area contributed by atoms with Gasteiger partial charge in [0.05, 0.1) is 60.6 Å². The Labute approximate surface area is 376 Å². The summed E-state index contributed by atoms with van der Waals surface area (Å²) < 4.78 is 144. The molecule has 2 fully saturated rings. The van der Waals surface area contributed by atoms with Gasteiger partial charge in [0.15, 0.2) is 15.7 Å². The number of hydrogen-bond acceptors (Lipinski definition) is 9. The Bertz CT molecular complexity index is 2910. The van der Waals surface area contributed by atoms with Gasteiger partial charge in [-0.2, -0.15) is 13.9 Å². The van der Waals surface area contributed by atoms with Crippen molar-refractivity contribution in [1.82, 2.24) is 25.4 Å². The van der Waals surface area contributed by atoms with Crippen LogP contribution in [0, 0.1) is 28.9 Å². The molecule has 8 rings (SSSR count). The first-order valence-corrected chi connectivity index (χ1v) is 24.3. The monoisotopic (exact) mass is 965 g/mol. The Balaban J connectivity index is 1.23. The fourth-order valence-corrected chi connectivity index (χ4v) is 12.2. The lowest BCUT2D eigenvalue weighted by atomic mass is 9.79. The number of hydrogen-bond donors (Lipinski definition) is 4. The molecule has 4 aliphatic rings. The molecular formula is C44H46ClF6N7O5S2. The molecule has 348 valence electrons. The summed E-state index contributed by atoms with van der Waals surface area (Å²) in [4.78, 5) is 19.0. The molecule has 2 aromatic heterocycles. The number of carbonyl (C=O) groups excluding carboxylic acids is 1. The molecule has 4 aliphatic carbocycles. The summed E-state index contributed by atoms with van der Waals surface area (Å²) in [5.74, 6) is -9.28. The van der Waals surface area contributed by atoms with Gasteiger partial charge in [0.1, 0.15) is 17.3 Å². The molecule has 0 unspecified atom stereocenters. The van der Waals surface area contributed by atoms with Crippen LogP contribution < -0.4 is 15.4 Å². The van der Waals surface area contributed by atoms with Crippen LogP contribution in [0.4, 0.5) is 32.2 Å². The summed E-state index contributed by atoms with van der Waals surface area (Å²) in [6, 6.07) is 7.80. The van der Waals surface area contributed by atoms with Gasteiger partial charge in [0.25, 0.3) is 12.3 Å². The van der Waals surface area contributed by atoms with E-state index >= 15 is 8.78 Å². The number of halogens is 7. The molecule has 0 radical (unpaired) electrons. The SMILES string of the molecule is Cn1nc(NS(=O)(=O)C2(C)CC2)c2c(Cl)ccc(-c3ccc(CCC(C)(C)S(=O)(=O)C4CC4)nc3[C@H](Cc3cc(F)cc(F)c3)NC(=O)CNC3=C(C(=N)C(F)F)[C@H]4C=C[C@H]4C3(F)F)c21. The quantitative estimate of drug-likeness (QED) is 0.0439. The van der Waals surface area contributed by atoms with Crippen LogP contribution in [-0.2, 0) is 44.5 Å². The summed E-state index contributed by atoms with van der Waals surface area (Å²) in [6.45, 7) is 3.96. The number of allylic oxidation sites excluding steroid dienone is 4. The second kappa shape index (κ2) is 16.4. The molecule has 4 N–H and O–H groups in total. The van der Waals surface area contributed by atoms with Gasteiger partial charge >= 0.3 is 0 Å². The van der Waals surface area contributed by atoms with Gasteiger partial charge in [-0.1, -0.05) is 35.9 Å². The van der Waals surface area contributed by atoms with Crippen LogP contribution in [0.2, 0.25) is 5.02 Å². The van der Waals surface area contributed by atoms with Crippen LogP contribution in [0.3, 0.4) is 0 Å². The van der Waals surface area contributed by atoms with Gasteiger partial charge in [0.2, 0.25) is 15.9 Å². The Hall–Kier alpha value is -4.95. The smallest absolute Gasteiger partial charge is 0.294 e. The third-order valence-electron chi connectivity index (χ3n) is 13.0. The minimum absolute atomic E-state index is 0.0444. The molecule has 65 heavy (non-hydrogen) atoms. The minimum atomic E-state index is -3.92. The zero-order chi connectivity index (χ0) is 47.2. The Morgan fingerprint density at radius 1 is 1.02 bits per heavy atom. The topological polar surface area (TPSA) is 176 Å². The zero-order valence-electron chi connectivity index (χ0n) is 35.6. The van der Waals surface area contributed by atoms with Crippen LogP contribution >= 0.6 is 11.6 Å². The number of pyridine rings is 1. The number of nitrogens with one attached hydrogen (secondary N) is 4. The molecule has 2 aromatic carbocycles. The Kier molecular flexibility index (Phi) is 11.8. The van der Waals surface area contributed by atoms with Gasteiger partial charge in [0, 0.05) is 41.4 Å². The number of amides is 1. The number of alkyl halides is 4. The van der Waals surface area contributed by atoms with Crippen molar-refractivity contribution in [2.45, 2.75) is 98.9 Å². The molecule has 4 aromatic rings. The summed E-state index contributed by atoms with van der Waals surface area (Å²) in [7, 11) is -5.88. The molecule has 1 amide bonds. The first-order chi connectivity index (χ1) is 30.3. The first kappa shape index (κ1) is 46.6. The molecule has 21 heteroatoms. The van der Waals surface area contributed by atoms with Crippen molar-refractivity contribution in [3.8, 4) is 11.1 Å². The third-order valence-corrected chi connectivity index (χ3v) is 18.6. The number of aryl methyl sites for hydroxylation is 2. The fourth-order valence-electron chi connectivity index (χ4n) is 8.62. The maximum atomic E-state index is 15.6. The van der Waals surface area contributed by atoms with E-state index in [-0.39, 0.29) is 46.7 Å². The van der Waals surface area contributed by atoms with E-state index in [0.717, 1.165) is 18.2 Å². The van der Waals surface area contributed by atoms with Crippen molar-refractivity contribution < 1.29 is 48.0 Å². The summed E-state index contributed by atoms with van der Waals surface area (Å²) in [6.07, 6.45) is 0.987. The van der Waals surface area contributed by atoms with E-state index in [0.29, 0.717) is 54.1 Å². The Morgan fingerprint density at radius 2 is 1.68 bits per heavy atom. The van der Waals surface area contributed by atoms with Crippen molar-refractivity contribution in [2.75, 3.05) is 11.3 Å². The van der Waals surface area contributed by atoms with E-state index in [1.807, 2.05) is 0 Å². The van der Waals surface area contributed by atoms with Crippen molar-refractivity contribution >= 4 is 59.8 Å². The maximum absolute atomic E-state index is 15.6. The van der Waals surface area contributed by atoms with Gasteiger partial charge in [-0.05, 0) is 95.5 Å². The van der Waals surface area contributed by atoms with E-state index in [4.69, 9.17) is 22.0 Å². The largest absolute Gasteiger partial charge is 0.374 e. The average molecular weight is 966 g/mol. The molecular weight excluding hydrogens is 920 g/mol. The third kappa shape index (κ3) is 8.54. The lowest BCUT2D eigenvalue weighted by molar-refractivity contribution is -0.121. The predicted octanol–water partition coefficient (Wildman–Crippen LogP) is 8.13. The number of sulfone groups is 1. The highest BCUT2D eigenvalue weighted by Gasteiger charge is 2.59. The fraction of sp³-hybridized carbons (Fsp3) is 0.455. The number of rotatable bonds is 18. The number of carbonyl (C=O) groups is 1. The van der Waals surface area contributed by atoms with Gasteiger partial charge < -0.3 is 10.6 Å². The molecule has 3 atom stereocenters. The van der Waals surface area contributed by atoms with Crippen molar-refractivity contribution in [2.24, 2.45) is 18.9 Å². The lowest BCUT2D eigenvalue weighted by Gasteiger charge is -2.28. The molecule has 0 spiro atoms. The number of sulfonamides is 1. The Morgan fingerprint density at radius 3 is 2.28 bits per heavy atom. The van der Waals surface area contributed by atoms with Crippen LogP contribution in [0.25, 0.3) is 22.0 Å². The average Bonchev–Trinajstić information content (AvgIpc) is 4.14. The van der Waals surface area contributed by atoms with Crippen LogP contribution in [0.15, 0.2) is 65.9 Å². The molecule has 2 heterocycles. The van der Waals surface area contributed by atoms with Crippen molar-refractivity contribution in [3.05, 3.63) is 99.5 Å². The first-order valence-electron chi connectivity index (χ1n) is 20.9. The van der Waals surface area contributed by atoms with E-state index in [2.05, 4.69) is 20.5 Å². The molecule has 2 saturated carbocycles. The van der Waals surface area contributed by atoms with Crippen LogP contribution in [-0.4, -0.2) is 76.9 Å². The van der Waals surface area contributed by atoms with E-state index in [9.17, 15) is 39.2 Å². The van der Waals surface area contributed by atoms with E-state index in [1.165, 1.54) is 16.8 Å². The number of benzene rings is 2. The highest BCUT2D eigenvalue weighted by atomic mass is 35.5. The maximum Gasteiger partial charge on any atom is 0.294 e. The molecule has 12 nitrogen and oxygen atoms in total. The summed E-state index contributed by atoms with van der Waals surface area (Å²) in [5.41, 5.74) is -1.45. The predicted molar refractivity (Wildman–Crippen MR) is 234 cm³/mol. The van der Waals surface area contributed by atoms with Gasteiger partial charge in [-0.3, -0.25) is 24.6 Å². The number of fused-ring (bicyclic) bond motifs is 2. The van der Waals surface area contributed by atoms with Crippen LogP contribution in [0.5, 0.6) is 0 Å². The number of anilines is 1. The molecule has 0 aliphatic heterocycles. The highest BCUT2D eigenvalue weighted by molar-refractivity contribution is 7.94. The van der Waals surface area contributed by atoms with Crippen molar-refractivity contribution in [3.63, 3.8) is 0 Å². The second-order valence-corrected chi connectivity index (χ2v) is 23.6. The number of nitrogens with zero attached hydrogens (tertiary/aromatic N) is 3. The normalized spacial score (nSPS) is 20.4. The van der Waals surface area contributed by atoms with Crippen LogP contribution in [0.1, 0.15) is 75.9 Å². The standard InChI is InChI=1S/C44H46ClF6N7O5S2/c1-42(2,64(60,61)26-6-7-26)14-13-25-5-8-27(28-10-12-31(45)35-38(28)58(4)56-41(35)57-65(62,63)43(3)15-16-43)37(54-25)32(19-22-17-23(46)20-24(47)18-22)55-33(59)21-53-39-34(36(52)40(48)49)29-9-11-30(29)44(39,50)51/h5,8-12,17-18,20,26,29-30,32,40,52-53H,6-7,13-16,19,21H2,1-4H3,(H,55,59)(H,56,57)/t29-,30+,32-/m0/s1. The minimum Gasteiger partial charge on any atom is -0.374 e.